The molecule has 1 heterocycles. The Hall–Kier alpha value is -1.83. The maximum absolute atomic E-state index is 12.3. The van der Waals surface area contributed by atoms with Crippen molar-refractivity contribution in [3.63, 3.8) is 0 Å². The van der Waals surface area contributed by atoms with Crippen molar-refractivity contribution >= 4 is 23.6 Å². The second kappa shape index (κ2) is 7.63. The van der Waals surface area contributed by atoms with E-state index in [1.807, 2.05) is 0 Å². The lowest BCUT2D eigenvalue weighted by Crippen LogP contribution is -2.37. The number of carboxylic acid groups (broad SMARTS) is 1. The highest BCUT2D eigenvalue weighted by atomic mass is 32.2. The first-order valence-corrected chi connectivity index (χ1v) is 8.19. The van der Waals surface area contributed by atoms with Crippen molar-refractivity contribution in [2.75, 3.05) is 11.5 Å². The largest absolute Gasteiger partial charge is 0.481 e. The van der Waals surface area contributed by atoms with Gasteiger partial charge < -0.3 is 15.2 Å². The summed E-state index contributed by atoms with van der Waals surface area (Å²) in [6.45, 7) is -2.94. The zero-order valence-corrected chi connectivity index (χ0v) is 13.1. The molecule has 8 heteroatoms. The molecule has 1 aliphatic heterocycles. The average molecular weight is 345 g/mol. The summed E-state index contributed by atoms with van der Waals surface area (Å²) in [7, 11) is 0. The van der Waals surface area contributed by atoms with E-state index in [2.05, 4.69) is 10.1 Å². The van der Waals surface area contributed by atoms with Gasteiger partial charge in [-0.1, -0.05) is 18.2 Å². The van der Waals surface area contributed by atoms with Crippen LogP contribution in [0.3, 0.4) is 0 Å². The Kier molecular flexibility index (Phi) is 5.81. The molecular weight excluding hydrogens is 328 g/mol. The lowest BCUT2D eigenvalue weighted by atomic mass is 9.84. The predicted molar refractivity (Wildman–Crippen MR) is 81.5 cm³/mol. The number of halogens is 2. The Morgan fingerprint density at radius 1 is 1.39 bits per heavy atom. The molecule has 1 fully saturated rings. The number of benzene rings is 1. The lowest BCUT2D eigenvalue weighted by Gasteiger charge is -2.22. The van der Waals surface area contributed by atoms with Gasteiger partial charge in [0.25, 0.3) is 0 Å². The van der Waals surface area contributed by atoms with Crippen molar-refractivity contribution in [3.8, 4) is 5.75 Å². The Morgan fingerprint density at radius 3 is 2.74 bits per heavy atom. The van der Waals surface area contributed by atoms with Crippen LogP contribution in [0.5, 0.6) is 5.75 Å². The van der Waals surface area contributed by atoms with Crippen molar-refractivity contribution in [1.29, 1.82) is 0 Å². The molecule has 0 saturated carbocycles. The summed E-state index contributed by atoms with van der Waals surface area (Å²) in [5.74, 6) is -0.279. The fourth-order valence-corrected chi connectivity index (χ4v) is 3.86. The van der Waals surface area contributed by atoms with E-state index in [1.165, 1.54) is 17.8 Å². The summed E-state index contributed by atoms with van der Waals surface area (Å²) < 4.78 is 29.1. The van der Waals surface area contributed by atoms with Gasteiger partial charge in [0.05, 0.1) is 5.41 Å². The van der Waals surface area contributed by atoms with Crippen molar-refractivity contribution < 1.29 is 28.2 Å². The van der Waals surface area contributed by atoms with Crippen LogP contribution >= 0.6 is 11.8 Å². The molecule has 0 aromatic heterocycles. The van der Waals surface area contributed by atoms with E-state index >= 15 is 0 Å². The monoisotopic (exact) mass is 345 g/mol. The number of ether oxygens (including phenoxy) is 1. The third-order valence-electron chi connectivity index (χ3n) is 3.72. The number of hydrogen-bond acceptors (Lipinski definition) is 4. The molecule has 126 valence electrons. The zero-order chi connectivity index (χ0) is 16.9. The predicted octanol–water partition coefficient (Wildman–Crippen LogP) is 2.50. The van der Waals surface area contributed by atoms with Crippen molar-refractivity contribution in [2.45, 2.75) is 26.0 Å². The Balaban J connectivity index is 1.96. The molecule has 0 spiro atoms. The molecule has 2 rings (SSSR count). The maximum atomic E-state index is 12.3. The summed E-state index contributed by atoms with van der Waals surface area (Å²) in [6, 6.07) is 6.15. The molecule has 1 saturated heterocycles. The first-order valence-electron chi connectivity index (χ1n) is 7.03. The molecule has 2 N–H and O–H groups in total. The van der Waals surface area contributed by atoms with Crippen LogP contribution < -0.4 is 10.1 Å². The van der Waals surface area contributed by atoms with E-state index in [9.17, 15) is 23.5 Å². The molecule has 1 unspecified atom stereocenters. The number of thioether (sulfide) groups is 1. The van der Waals surface area contributed by atoms with Gasteiger partial charge in [-0.25, -0.2) is 0 Å². The normalized spacial score (nSPS) is 20.5. The van der Waals surface area contributed by atoms with E-state index < -0.39 is 23.9 Å². The van der Waals surface area contributed by atoms with Crippen molar-refractivity contribution in [1.82, 2.24) is 5.32 Å². The maximum Gasteiger partial charge on any atom is 0.387 e. The molecule has 5 nitrogen and oxygen atoms in total. The van der Waals surface area contributed by atoms with Crippen LogP contribution in [0.4, 0.5) is 8.78 Å². The Bertz CT molecular complexity index is 576. The minimum atomic E-state index is -2.95. The number of carboxylic acids is 1. The number of alkyl halides is 2. The van der Waals surface area contributed by atoms with Gasteiger partial charge in [0.15, 0.2) is 0 Å². The highest BCUT2D eigenvalue weighted by Gasteiger charge is 2.43. The third kappa shape index (κ3) is 4.57. The zero-order valence-electron chi connectivity index (χ0n) is 12.3. The van der Waals surface area contributed by atoms with Crippen LogP contribution in [-0.2, 0) is 16.1 Å². The van der Waals surface area contributed by atoms with Crippen LogP contribution in [-0.4, -0.2) is 35.1 Å². The quantitative estimate of drug-likeness (QED) is 0.794. The molecule has 1 aliphatic rings. The second-order valence-electron chi connectivity index (χ2n) is 5.33. The molecule has 0 bridgehead atoms. The molecule has 1 aromatic carbocycles. The smallest absolute Gasteiger partial charge is 0.387 e. The summed E-state index contributed by atoms with van der Waals surface area (Å²) in [6.07, 6.45) is 0.332. The summed E-state index contributed by atoms with van der Waals surface area (Å²) >= 11 is 1.51. The van der Waals surface area contributed by atoms with Gasteiger partial charge in [-0.2, -0.15) is 20.5 Å². The summed E-state index contributed by atoms with van der Waals surface area (Å²) in [4.78, 5) is 23.5. The molecule has 1 aromatic rings. The summed E-state index contributed by atoms with van der Waals surface area (Å²) in [5.41, 5.74) is -0.625. The molecular formula is C15H17F2NO4S. The van der Waals surface area contributed by atoms with Crippen LogP contribution in [0, 0.1) is 5.41 Å². The Labute approximate surface area is 136 Å². The van der Waals surface area contributed by atoms with Crippen molar-refractivity contribution in [2.24, 2.45) is 5.41 Å². The van der Waals surface area contributed by atoms with Crippen molar-refractivity contribution in [3.05, 3.63) is 29.8 Å². The minimum Gasteiger partial charge on any atom is -0.481 e. The van der Waals surface area contributed by atoms with Gasteiger partial charge in [-0.3, -0.25) is 9.59 Å². The van der Waals surface area contributed by atoms with E-state index in [4.69, 9.17) is 0 Å². The van der Waals surface area contributed by atoms with Gasteiger partial charge >= 0.3 is 12.6 Å². The topological polar surface area (TPSA) is 75.6 Å². The van der Waals surface area contributed by atoms with Gasteiger partial charge in [0.1, 0.15) is 5.75 Å². The fraction of sp³-hybridized carbons (Fsp3) is 0.467. The highest BCUT2D eigenvalue weighted by Crippen LogP contribution is 2.39. The molecule has 0 aliphatic carbocycles. The van der Waals surface area contributed by atoms with Gasteiger partial charge in [0, 0.05) is 24.3 Å². The number of carbonyl (C=O) groups is 2. The fourth-order valence-electron chi connectivity index (χ4n) is 2.42. The van der Waals surface area contributed by atoms with Gasteiger partial charge in [0.2, 0.25) is 5.91 Å². The van der Waals surface area contributed by atoms with Crippen LogP contribution in [0.15, 0.2) is 24.3 Å². The first-order chi connectivity index (χ1) is 10.9. The van der Waals surface area contributed by atoms with Crippen LogP contribution in [0.25, 0.3) is 0 Å². The van der Waals surface area contributed by atoms with E-state index in [1.54, 1.807) is 18.2 Å². The average Bonchev–Trinajstić information content (AvgIpc) is 2.95. The number of hydrogen-bond donors (Lipinski definition) is 2. The SMILES string of the molecule is O=C(CC1(C(=O)O)CCSC1)NCc1ccccc1OC(F)F. The number of carbonyl (C=O) groups excluding carboxylic acids is 1. The van der Waals surface area contributed by atoms with Crippen LogP contribution in [0.2, 0.25) is 0 Å². The molecule has 0 radical (unpaired) electrons. The van der Waals surface area contributed by atoms with E-state index in [-0.39, 0.29) is 18.7 Å². The van der Waals surface area contributed by atoms with Gasteiger partial charge in [-0.15, -0.1) is 0 Å². The van der Waals surface area contributed by atoms with E-state index in [0.717, 1.165) is 0 Å². The standard InChI is InChI=1S/C15H17F2NO4S/c16-14(17)22-11-4-2-1-3-10(11)8-18-12(19)7-15(13(20)21)5-6-23-9-15/h1-4,14H,5-9H2,(H,18,19)(H,20,21). The Morgan fingerprint density at radius 2 is 2.13 bits per heavy atom. The second-order valence-corrected chi connectivity index (χ2v) is 6.43. The summed E-state index contributed by atoms with van der Waals surface area (Å²) in [5, 5.41) is 11.9. The number of rotatable bonds is 7. The number of aliphatic carboxylic acids is 1. The van der Waals surface area contributed by atoms with Gasteiger partial charge in [-0.05, 0) is 18.2 Å². The highest BCUT2D eigenvalue weighted by molar-refractivity contribution is 7.99. The molecule has 1 amide bonds. The molecule has 1 atom stereocenters. The third-order valence-corrected chi connectivity index (χ3v) is 4.97. The number of para-hydroxylation sites is 1. The number of amides is 1. The first kappa shape index (κ1) is 17.5. The number of nitrogens with one attached hydrogen (secondary N) is 1. The lowest BCUT2D eigenvalue weighted by molar-refractivity contribution is -0.150. The molecule has 23 heavy (non-hydrogen) atoms. The van der Waals surface area contributed by atoms with Crippen LogP contribution in [0.1, 0.15) is 18.4 Å². The minimum absolute atomic E-state index is 0.00453. The van der Waals surface area contributed by atoms with E-state index in [0.29, 0.717) is 23.5 Å².